The third-order valence-electron chi connectivity index (χ3n) is 1.24. The molecule has 0 saturated heterocycles. The molecule has 0 spiro atoms. The van der Waals surface area contributed by atoms with Gasteiger partial charge in [-0.1, -0.05) is 0 Å². The van der Waals surface area contributed by atoms with E-state index in [2.05, 4.69) is 0 Å². The second-order valence-electron chi connectivity index (χ2n) is 2.02. The van der Waals surface area contributed by atoms with Crippen LogP contribution in [0.25, 0.3) is 0 Å². The molecule has 1 aromatic carbocycles. The molecule has 58 valence electrons. The maximum atomic E-state index is 10.2. The molecular formula is C7H6O4. The summed E-state index contributed by atoms with van der Waals surface area (Å²) in [7, 11) is 0. The Hall–Kier alpha value is -1.71. The van der Waals surface area contributed by atoms with Crippen molar-refractivity contribution in [1.82, 2.24) is 0 Å². The average Bonchev–Trinajstić information content (AvgIpc) is 1.85. The highest BCUT2D eigenvalue weighted by Gasteiger charge is 2.07. The van der Waals surface area contributed by atoms with Gasteiger partial charge in [-0.05, 0) is 0 Å². The van der Waals surface area contributed by atoms with Crippen LogP contribution in [-0.2, 0) is 0 Å². The number of hydrogen-bond acceptors (Lipinski definition) is 4. The van der Waals surface area contributed by atoms with Crippen LogP contribution in [0.4, 0.5) is 0 Å². The minimum atomic E-state index is -0.433. The third kappa shape index (κ3) is 1.24. The molecule has 4 nitrogen and oxygen atoms in total. The highest BCUT2D eigenvalue weighted by atomic mass is 16.3. The van der Waals surface area contributed by atoms with Gasteiger partial charge in [-0.15, -0.1) is 0 Å². The molecule has 0 bridgehead atoms. The molecule has 1 aromatic rings. The summed E-state index contributed by atoms with van der Waals surface area (Å²) in [4.78, 5) is 10.2. The lowest BCUT2D eigenvalue weighted by Gasteiger charge is -2.00. The minimum Gasteiger partial charge on any atom is -0.508 e. The summed E-state index contributed by atoms with van der Waals surface area (Å²) < 4.78 is 0. The summed E-state index contributed by atoms with van der Waals surface area (Å²) in [5, 5.41) is 26.6. The van der Waals surface area contributed by atoms with E-state index in [4.69, 9.17) is 15.3 Å². The smallest absolute Gasteiger partial charge is 0.157 e. The van der Waals surface area contributed by atoms with Crippen LogP contribution < -0.4 is 0 Å². The van der Waals surface area contributed by atoms with Gasteiger partial charge < -0.3 is 15.3 Å². The van der Waals surface area contributed by atoms with Gasteiger partial charge in [0, 0.05) is 12.1 Å². The van der Waals surface area contributed by atoms with Crippen LogP contribution >= 0.6 is 0 Å². The van der Waals surface area contributed by atoms with E-state index in [1.54, 1.807) is 0 Å². The average molecular weight is 157 g/mol. The Morgan fingerprint density at radius 1 is 1.09 bits per heavy atom. The number of phenols is 3. The zero-order valence-electron chi connectivity index (χ0n) is 5.48. The van der Waals surface area contributed by atoms with Gasteiger partial charge in [0.25, 0.3) is 0 Å². The highest BCUT2D eigenvalue weighted by Crippen LogP contribution is 2.29. The zero-order chi connectivity index (χ0) is 8.43. The Balaban J connectivity index is 3.36. The number of aldehydes is 1. The number of carbonyl (C=O) groups excluding carboxylic acids is 1. The normalized spacial score (nSPS) is 9.45. The Bertz CT molecular complexity index is 269. The number of aromatic hydroxyl groups is 3. The van der Waals surface area contributed by atoms with Crippen LogP contribution in [0.2, 0.25) is 0 Å². The van der Waals surface area contributed by atoms with E-state index in [0.29, 0.717) is 6.29 Å². The van der Waals surface area contributed by atoms with Gasteiger partial charge in [-0.3, -0.25) is 4.79 Å². The van der Waals surface area contributed by atoms with Crippen LogP contribution in [0.3, 0.4) is 0 Å². The van der Waals surface area contributed by atoms with Crippen LogP contribution in [0.5, 0.6) is 17.2 Å². The van der Waals surface area contributed by atoms with Gasteiger partial charge in [-0.2, -0.15) is 0 Å². The molecule has 4 heteroatoms. The monoisotopic (exact) mass is 157 g/mol. The van der Waals surface area contributed by atoms with E-state index in [0.717, 1.165) is 12.1 Å². The molecule has 0 atom stereocenters. The van der Waals surface area contributed by atoms with Crippen molar-refractivity contribution in [3.63, 3.8) is 0 Å². The maximum absolute atomic E-state index is 10.2. The molecule has 0 aromatic heterocycles. The summed E-state index contributed by atoms with van der Waals surface area (Å²) in [6.07, 6.45) is 0.310. The summed E-state index contributed by atoms with van der Waals surface area (Å²) in [6.45, 7) is 0. The Labute approximate surface area is 62.3 Å². The molecule has 0 saturated carbocycles. The van der Waals surface area contributed by atoms with Gasteiger partial charge in [0.15, 0.2) is 6.29 Å². The van der Waals surface area contributed by atoms with Crippen LogP contribution in [0.15, 0.2) is 12.1 Å². The van der Waals surface area contributed by atoms with E-state index < -0.39 is 11.5 Å². The van der Waals surface area contributed by atoms with Crippen molar-refractivity contribution < 1.29 is 20.1 Å². The summed E-state index contributed by atoms with van der Waals surface area (Å²) >= 11 is 0. The molecule has 3 N–H and O–H groups in total. The number of benzene rings is 1. The second kappa shape index (κ2) is 2.49. The molecule has 0 fully saturated rings. The topological polar surface area (TPSA) is 77.8 Å². The van der Waals surface area contributed by atoms with Crippen molar-refractivity contribution >= 4 is 6.29 Å². The van der Waals surface area contributed by atoms with Crippen molar-refractivity contribution in [2.45, 2.75) is 0 Å². The van der Waals surface area contributed by atoms with Gasteiger partial charge in [0.05, 0.1) is 5.56 Å². The van der Waals surface area contributed by atoms with Crippen molar-refractivity contribution in [3.8, 4) is 17.2 Å². The van der Waals surface area contributed by atoms with Gasteiger partial charge in [0.2, 0.25) is 0 Å². The second-order valence-corrected chi connectivity index (χ2v) is 2.02. The quantitative estimate of drug-likeness (QED) is 0.522. The lowest BCUT2D eigenvalue weighted by Crippen LogP contribution is -1.81. The van der Waals surface area contributed by atoms with Gasteiger partial charge >= 0.3 is 0 Å². The van der Waals surface area contributed by atoms with Crippen molar-refractivity contribution in [2.75, 3.05) is 0 Å². The highest BCUT2D eigenvalue weighted by molar-refractivity contribution is 5.83. The number of hydrogen-bond donors (Lipinski definition) is 3. The van der Waals surface area contributed by atoms with Gasteiger partial charge in [-0.25, -0.2) is 0 Å². The Morgan fingerprint density at radius 3 is 1.91 bits per heavy atom. The Kier molecular flexibility index (Phi) is 1.68. The van der Waals surface area contributed by atoms with E-state index in [-0.39, 0.29) is 11.3 Å². The largest absolute Gasteiger partial charge is 0.508 e. The fourth-order valence-corrected chi connectivity index (χ4v) is 0.729. The minimum absolute atomic E-state index is 0.220. The zero-order valence-corrected chi connectivity index (χ0v) is 5.48. The van der Waals surface area contributed by atoms with E-state index in [1.807, 2.05) is 0 Å². The Morgan fingerprint density at radius 2 is 1.55 bits per heavy atom. The summed E-state index contributed by atoms with van der Waals surface area (Å²) in [6, 6.07) is 1.95. The van der Waals surface area contributed by atoms with Crippen molar-refractivity contribution in [1.29, 1.82) is 0 Å². The van der Waals surface area contributed by atoms with E-state index in [1.165, 1.54) is 0 Å². The first-order valence-electron chi connectivity index (χ1n) is 2.85. The molecule has 11 heavy (non-hydrogen) atoms. The first-order chi connectivity index (χ1) is 5.15. The van der Waals surface area contributed by atoms with Gasteiger partial charge in [0.1, 0.15) is 17.2 Å². The lowest BCUT2D eigenvalue weighted by atomic mass is 10.6. The predicted molar refractivity (Wildman–Crippen MR) is 36.8 cm³/mol. The van der Waals surface area contributed by atoms with Crippen molar-refractivity contribution in [2.24, 2.45) is 0 Å². The van der Waals surface area contributed by atoms with Crippen LogP contribution in [0.1, 0.15) is 10.4 Å². The molecule has 0 aliphatic carbocycles. The molecule has 1 rings (SSSR count). The molecule has 0 aliphatic heterocycles. The number of phenolic OH excluding ortho intramolecular Hbond substituents is 3. The van der Waals surface area contributed by atoms with Crippen molar-refractivity contribution in [3.05, 3.63) is 17.7 Å². The fourth-order valence-electron chi connectivity index (χ4n) is 0.729. The van der Waals surface area contributed by atoms with E-state index >= 15 is 0 Å². The fraction of sp³-hybridized carbons (Fsp3) is 0. The molecular weight excluding hydrogens is 151 g/mol. The first-order valence-corrected chi connectivity index (χ1v) is 2.85. The summed E-state index contributed by atoms with van der Waals surface area (Å²) in [5.74, 6) is -1.15. The summed E-state index contributed by atoms with van der Waals surface area (Å²) in [5.41, 5.74) is -0.220. The van der Waals surface area contributed by atoms with Crippen LogP contribution in [0, 0.1) is 0 Å². The SMILES string of the molecule is O=C[13c]1c(O)[13cH]c(O)[13cH]c1O. The standard InChI is InChI=1S/C7H6O4/c8-3-5-6(10)1-4(9)2-7(5)11/h1-3,9-11H/i1+1,2+1,5+1. The molecule has 0 radical (unpaired) electrons. The maximum Gasteiger partial charge on any atom is 0.157 e. The van der Waals surface area contributed by atoms with Crippen LogP contribution in [-0.4, -0.2) is 21.6 Å². The molecule has 0 unspecified atom stereocenters. The lowest BCUT2D eigenvalue weighted by molar-refractivity contribution is 0.111. The molecule has 0 heterocycles. The number of rotatable bonds is 1. The number of carbonyl (C=O) groups is 1. The molecule has 0 aliphatic rings. The molecule has 0 amide bonds. The third-order valence-corrected chi connectivity index (χ3v) is 1.24. The predicted octanol–water partition coefficient (Wildman–Crippen LogP) is 0.616. The van der Waals surface area contributed by atoms with E-state index in [9.17, 15) is 4.79 Å². The first kappa shape index (κ1) is 7.40.